The van der Waals surface area contributed by atoms with E-state index in [4.69, 9.17) is 0 Å². The van der Waals surface area contributed by atoms with E-state index in [9.17, 15) is 0 Å². The van der Waals surface area contributed by atoms with Gasteiger partial charge in [0.15, 0.2) is 5.96 Å². The molecule has 1 aromatic carbocycles. The number of hydrogen-bond donors (Lipinski definition) is 3. The SMILES string of the molecule is CCNC(=NCc1ncc(-c2ccccc2)[nH]1)NCCCN(C(C)C)C(C)C.I. The minimum absolute atomic E-state index is 0. The van der Waals surface area contributed by atoms with Gasteiger partial charge in [-0.05, 0) is 46.6 Å². The first-order valence-electron chi connectivity index (χ1n) is 10.4. The zero-order valence-electron chi connectivity index (χ0n) is 18.4. The summed E-state index contributed by atoms with van der Waals surface area (Å²) >= 11 is 0. The van der Waals surface area contributed by atoms with Gasteiger partial charge in [0.25, 0.3) is 0 Å². The van der Waals surface area contributed by atoms with Crippen LogP contribution in [0.4, 0.5) is 0 Å². The zero-order chi connectivity index (χ0) is 20.4. The molecule has 162 valence electrons. The molecular formula is C22H37IN6. The lowest BCUT2D eigenvalue weighted by atomic mass is 10.2. The number of aliphatic imine (C=N–C) groups is 1. The lowest BCUT2D eigenvalue weighted by Crippen LogP contribution is -2.41. The number of H-pyrrole nitrogens is 1. The number of aromatic amines is 1. The minimum Gasteiger partial charge on any atom is -0.357 e. The molecule has 7 heteroatoms. The average molecular weight is 512 g/mol. The molecule has 29 heavy (non-hydrogen) atoms. The molecule has 0 bridgehead atoms. The van der Waals surface area contributed by atoms with Crippen molar-refractivity contribution in [2.75, 3.05) is 19.6 Å². The highest BCUT2D eigenvalue weighted by molar-refractivity contribution is 14.0. The van der Waals surface area contributed by atoms with Crippen molar-refractivity contribution in [2.45, 2.75) is 59.7 Å². The molecule has 1 heterocycles. The molecule has 0 atom stereocenters. The molecule has 0 saturated carbocycles. The number of guanidine groups is 1. The van der Waals surface area contributed by atoms with Gasteiger partial charge in [0.1, 0.15) is 12.4 Å². The molecule has 0 aliphatic rings. The number of aromatic nitrogens is 2. The van der Waals surface area contributed by atoms with Crippen LogP contribution in [0.25, 0.3) is 11.3 Å². The molecular weight excluding hydrogens is 475 g/mol. The van der Waals surface area contributed by atoms with Crippen LogP contribution < -0.4 is 10.6 Å². The van der Waals surface area contributed by atoms with Gasteiger partial charge in [-0.15, -0.1) is 24.0 Å². The van der Waals surface area contributed by atoms with Gasteiger partial charge in [-0.3, -0.25) is 4.90 Å². The molecule has 0 fully saturated rings. The Bertz CT molecular complexity index is 703. The van der Waals surface area contributed by atoms with Crippen molar-refractivity contribution in [3.8, 4) is 11.3 Å². The van der Waals surface area contributed by atoms with E-state index in [0.29, 0.717) is 18.6 Å². The van der Waals surface area contributed by atoms with Crippen LogP contribution in [0, 0.1) is 0 Å². The summed E-state index contributed by atoms with van der Waals surface area (Å²) < 4.78 is 0. The maximum atomic E-state index is 4.66. The number of imidazole rings is 1. The molecule has 0 aliphatic heterocycles. The van der Waals surface area contributed by atoms with E-state index in [-0.39, 0.29) is 24.0 Å². The fraction of sp³-hybridized carbons (Fsp3) is 0.545. The first-order chi connectivity index (χ1) is 13.5. The summed E-state index contributed by atoms with van der Waals surface area (Å²) in [5.41, 5.74) is 2.15. The molecule has 0 amide bonds. The van der Waals surface area contributed by atoms with Crippen molar-refractivity contribution in [1.82, 2.24) is 25.5 Å². The number of rotatable bonds is 10. The van der Waals surface area contributed by atoms with Crippen molar-refractivity contribution in [3.63, 3.8) is 0 Å². The van der Waals surface area contributed by atoms with Crippen LogP contribution >= 0.6 is 24.0 Å². The molecule has 0 radical (unpaired) electrons. The van der Waals surface area contributed by atoms with Crippen LogP contribution in [0.3, 0.4) is 0 Å². The fourth-order valence-electron chi connectivity index (χ4n) is 3.28. The first kappa shape index (κ1) is 25.4. The summed E-state index contributed by atoms with van der Waals surface area (Å²) in [6.07, 6.45) is 2.95. The molecule has 3 N–H and O–H groups in total. The molecule has 6 nitrogen and oxygen atoms in total. The Balaban J connectivity index is 0.00000420. The highest BCUT2D eigenvalue weighted by Gasteiger charge is 2.12. The normalized spacial score (nSPS) is 11.8. The van der Waals surface area contributed by atoms with Crippen molar-refractivity contribution in [1.29, 1.82) is 0 Å². The van der Waals surface area contributed by atoms with Crippen molar-refractivity contribution < 1.29 is 0 Å². The average Bonchev–Trinajstić information content (AvgIpc) is 3.15. The van der Waals surface area contributed by atoms with Crippen molar-refractivity contribution >= 4 is 29.9 Å². The number of nitrogens with one attached hydrogen (secondary N) is 3. The summed E-state index contributed by atoms with van der Waals surface area (Å²) in [6.45, 7) is 14.4. The van der Waals surface area contributed by atoms with Gasteiger partial charge in [0, 0.05) is 31.7 Å². The van der Waals surface area contributed by atoms with E-state index < -0.39 is 0 Å². The quantitative estimate of drug-likeness (QED) is 0.193. The number of halogens is 1. The lowest BCUT2D eigenvalue weighted by Gasteiger charge is -2.30. The highest BCUT2D eigenvalue weighted by Crippen LogP contribution is 2.16. The molecule has 0 aliphatic carbocycles. The van der Waals surface area contributed by atoms with Gasteiger partial charge in [-0.25, -0.2) is 9.98 Å². The Morgan fingerprint density at radius 1 is 1.10 bits per heavy atom. The fourth-order valence-corrected chi connectivity index (χ4v) is 3.28. The second kappa shape index (κ2) is 13.6. The monoisotopic (exact) mass is 512 g/mol. The minimum atomic E-state index is 0. The van der Waals surface area contributed by atoms with Gasteiger partial charge in [0.2, 0.25) is 0 Å². The van der Waals surface area contributed by atoms with E-state index >= 15 is 0 Å². The summed E-state index contributed by atoms with van der Waals surface area (Å²) in [4.78, 5) is 15.0. The van der Waals surface area contributed by atoms with Gasteiger partial charge < -0.3 is 15.6 Å². The Hall–Kier alpha value is -1.61. The predicted molar refractivity (Wildman–Crippen MR) is 134 cm³/mol. The summed E-state index contributed by atoms with van der Waals surface area (Å²) in [7, 11) is 0. The van der Waals surface area contributed by atoms with Crippen LogP contribution in [0.2, 0.25) is 0 Å². The highest BCUT2D eigenvalue weighted by atomic mass is 127. The molecule has 1 aromatic heterocycles. The zero-order valence-corrected chi connectivity index (χ0v) is 20.7. The standard InChI is InChI=1S/C22H36N6.HI/c1-6-23-22(24-13-10-14-28(17(2)3)18(4)5)26-16-21-25-15-20(27-21)19-11-8-7-9-12-19;/h7-9,11-12,15,17-18H,6,10,13-14,16H2,1-5H3,(H,25,27)(H2,23,24,26);1H. The first-order valence-corrected chi connectivity index (χ1v) is 10.4. The number of benzene rings is 1. The van der Waals surface area contributed by atoms with E-state index in [1.54, 1.807) is 0 Å². The topological polar surface area (TPSA) is 68.3 Å². The molecule has 2 rings (SSSR count). The number of hydrogen-bond acceptors (Lipinski definition) is 3. The Morgan fingerprint density at radius 3 is 2.41 bits per heavy atom. The van der Waals surface area contributed by atoms with E-state index in [1.165, 1.54) is 0 Å². The summed E-state index contributed by atoms with van der Waals surface area (Å²) in [5.74, 6) is 1.70. The van der Waals surface area contributed by atoms with Crippen LogP contribution in [0.1, 0.15) is 46.9 Å². The lowest BCUT2D eigenvalue weighted by molar-refractivity contribution is 0.173. The van der Waals surface area contributed by atoms with Crippen LogP contribution in [0.5, 0.6) is 0 Å². The van der Waals surface area contributed by atoms with Crippen LogP contribution in [-0.2, 0) is 6.54 Å². The molecule has 2 aromatic rings. The van der Waals surface area contributed by atoms with Gasteiger partial charge >= 0.3 is 0 Å². The van der Waals surface area contributed by atoms with Gasteiger partial charge in [-0.2, -0.15) is 0 Å². The summed E-state index contributed by atoms with van der Waals surface area (Å²) in [5, 5.41) is 6.74. The molecule has 0 saturated heterocycles. The Morgan fingerprint density at radius 2 is 1.79 bits per heavy atom. The molecule has 0 unspecified atom stereocenters. The summed E-state index contributed by atoms with van der Waals surface area (Å²) in [6, 6.07) is 11.4. The third kappa shape index (κ3) is 8.74. The Labute approximate surface area is 193 Å². The smallest absolute Gasteiger partial charge is 0.191 e. The molecule has 0 spiro atoms. The second-order valence-electron chi connectivity index (χ2n) is 7.51. The van der Waals surface area contributed by atoms with Gasteiger partial charge in [-0.1, -0.05) is 30.3 Å². The van der Waals surface area contributed by atoms with E-state index in [2.05, 4.69) is 77.2 Å². The van der Waals surface area contributed by atoms with E-state index in [1.807, 2.05) is 24.4 Å². The third-order valence-electron chi connectivity index (χ3n) is 4.66. The maximum absolute atomic E-state index is 4.66. The Kier molecular flexibility index (Phi) is 11.9. The largest absolute Gasteiger partial charge is 0.357 e. The second-order valence-corrected chi connectivity index (χ2v) is 7.51. The van der Waals surface area contributed by atoms with Crippen molar-refractivity contribution in [3.05, 3.63) is 42.4 Å². The van der Waals surface area contributed by atoms with Crippen LogP contribution in [0.15, 0.2) is 41.5 Å². The van der Waals surface area contributed by atoms with Crippen molar-refractivity contribution in [2.24, 2.45) is 4.99 Å². The van der Waals surface area contributed by atoms with E-state index in [0.717, 1.165) is 49.1 Å². The number of nitrogens with zero attached hydrogens (tertiary/aromatic N) is 3. The maximum Gasteiger partial charge on any atom is 0.191 e. The van der Waals surface area contributed by atoms with Crippen LogP contribution in [-0.4, -0.2) is 52.5 Å². The van der Waals surface area contributed by atoms with Gasteiger partial charge in [0.05, 0.1) is 11.9 Å². The predicted octanol–water partition coefficient (Wildman–Crippen LogP) is 4.26. The third-order valence-corrected chi connectivity index (χ3v) is 4.66.